The molecule has 12 nitrogen and oxygen atoms in total. The maximum atomic E-state index is 11.1. The van der Waals surface area contributed by atoms with Crippen LogP contribution in [-0.2, 0) is 28.4 Å². The molecule has 0 aromatic carbocycles. The molecular weight excluding hydrogens is 1310 g/mol. The normalized spacial score (nSPS) is 58.6. The van der Waals surface area contributed by atoms with Crippen molar-refractivity contribution < 1.29 is 59.1 Å². The van der Waals surface area contributed by atoms with Crippen LogP contribution >= 0.6 is 0 Å². The minimum atomic E-state index is -0.658. The van der Waals surface area contributed by atoms with Crippen LogP contribution in [0, 0.1) is 150 Å². The second-order valence-electron chi connectivity index (χ2n) is 44.1. The molecule has 105 heavy (non-hydrogen) atoms. The summed E-state index contributed by atoms with van der Waals surface area (Å²) in [6, 6.07) is 0. The molecule has 0 aromatic rings. The molecule has 6 N–H and O–H groups in total. The average Bonchev–Trinajstić information content (AvgIpc) is 1.64. The van der Waals surface area contributed by atoms with E-state index in [1.54, 1.807) is 11.1 Å². The van der Waals surface area contributed by atoms with Gasteiger partial charge in [0.25, 0.3) is 0 Å². The fourth-order valence-electron chi connectivity index (χ4n) is 33.9. The first-order chi connectivity index (χ1) is 49.4. The Morgan fingerprint density at radius 1 is 0.286 bits per heavy atom. The number of hydrogen-bond donors (Lipinski definition) is 6. The Kier molecular flexibility index (Phi) is 20.1. The number of fused-ring (bicyclic) bond motifs is 29. The molecule has 0 bridgehead atoms. The summed E-state index contributed by atoms with van der Waals surface area (Å²) in [6.45, 7) is 41.8. The molecule has 0 amide bonds. The standard InChI is InChI=1S/C24H40O3.2C24H38O3.C21H36O3/c3*1-6-14-7-8-16-19-17(10-12-23(14,16)4)24(5)11-9-15(25)13-18(24)20-21(19)27-22(2,3)26-20;1-4-12-5-6-14-17-15(8-10-20(12,14)2)21(3)9-7-13(22)11-16(21)18(23)19(17)24/h14-21,25H,6-13H2,1-5H3;2*6,15-21,25H,7-13H2,1-5H3;12-19,22-24H,4-11H2,1-3H3/b;2*14-6-;/t14-,15+,16?,17?,18?,19?,20+,21+,23+,24+;2*15-,16?,17?,18?,19?,20-,21-,23-,24-;12-,13+,14?,15?,16?,17?,18+,19+,20+,21+/m0110/s1. The molecule has 16 aliphatic carbocycles. The van der Waals surface area contributed by atoms with Gasteiger partial charge < -0.3 is 59.1 Å². The van der Waals surface area contributed by atoms with Crippen LogP contribution in [0.1, 0.15) is 317 Å². The molecule has 16 unspecified atom stereocenters. The van der Waals surface area contributed by atoms with Crippen LogP contribution in [0.3, 0.4) is 0 Å². The number of allylic oxidation sites excluding steroid dienone is 4. The lowest BCUT2D eigenvalue weighted by atomic mass is 9.43. The Morgan fingerprint density at radius 2 is 0.562 bits per heavy atom. The topological polar surface area (TPSA) is 177 Å². The molecule has 0 aromatic heterocycles. The summed E-state index contributed by atoms with van der Waals surface area (Å²) in [5, 5.41) is 63.6. The molecule has 19 fully saturated rings. The highest BCUT2D eigenvalue weighted by Crippen LogP contribution is 2.75. The van der Waals surface area contributed by atoms with Gasteiger partial charge in [-0.15, -0.1) is 0 Å². The fourth-order valence-corrected chi connectivity index (χ4v) is 33.9. The average molecular weight is 1460 g/mol. The predicted octanol–water partition coefficient (Wildman–Crippen LogP) is 18.7. The quantitative estimate of drug-likeness (QED) is 0.145. The van der Waals surface area contributed by atoms with Crippen LogP contribution in [0.4, 0.5) is 0 Å². The third-order valence-corrected chi connectivity index (χ3v) is 39.0. The van der Waals surface area contributed by atoms with Gasteiger partial charge in [0.05, 0.1) is 73.2 Å². The molecule has 3 aliphatic heterocycles. The monoisotopic (exact) mass is 1460 g/mol. The third-order valence-electron chi connectivity index (χ3n) is 39.0. The summed E-state index contributed by atoms with van der Waals surface area (Å²) in [4.78, 5) is 0. The van der Waals surface area contributed by atoms with Crippen LogP contribution in [-0.4, -0.2) is 121 Å². The molecule has 0 radical (unpaired) electrons. The molecule has 19 rings (SSSR count). The largest absolute Gasteiger partial charge is 0.393 e. The van der Waals surface area contributed by atoms with E-state index in [0.29, 0.717) is 92.7 Å². The molecule has 12 heteroatoms. The van der Waals surface area contributed by atoms with Crippen LogP contribution in [0.5, 0.6) is 0 Å². The maximum absolute atomic E-state index is 11.1. The summed E-state index contributed by atoms with van der Waals surface area (Å²) >= 11 is 0. The Morgan fingerprint density at radius 3 is 0.905 bits per heavy atom. The van der Waals surface area contributed by atoms with E-state index < -0.39 is 29.6 Å². The van der Waals surface area contributed by atoms with Gasteiger partial charge in [-0.05, 0) is 385 Å². The molecule has 3 saturated heterocycles. The minimum absolute atomic E-state index is 0.0604. The van der Waals surface area contributed by atoms with Crippen molar-refractivity contribution in [3.63, 3.8) is 0 Å². The lowest BCUT2D eigenvalue weighted by Crippen LogP contribution is -2.64. The second-order valence-corrected chi connectivity index (χ2v) is 44.1. The van der Waals surface area contributed by atoms with E-state index in [4.69, 9.17) is 28.4 Å². The highest BCUT2D eigenvalue weighted by Gasteiger charge is 2.73. The molecule has 0 spiro atoms. The Labute approximate surface area is 636 Å². The Hall–Kier alpha value is -1.00. The maximum Gasteiger partial charge on any atom is 0.163 e. The van der Waals surface area contributed by atoms with E-state index in [0.717, 1.165) is 106 Å². The zero-order chi connectivity index (χ0) is 74.8. The summed E-state index contributed by atoms with van der Waals surface area (Å²) in [5.41, 5.74) is 5.90. The van der Waals surface area contributed by atoms with E-state index in [-0.39, 0.29) is 89.1 Å². The van der Waals surface area contributed by atoms with E-state index >= 15 is 0 Å². The van der Waals surface area contributed by atoms with E-state index in [9.17, 15) is 30.6 Å². The van der Waals surface area contributed by atoms with Crippen LogP contribution in [0.15, 0.2) is 23.3 Å². The van der Waals surface area contributed by atoms with Gasteiger partial charge in [-0.1, -0.05) is 105 Å². The van der Waals surface area contributed by atoms with Gasteiger partial charge in [0.1, 0.15) is 0 Å². The van der Waals surface area contributed by atoms with Crippen molar-refractivity contribution in [1.82, 2.24) is 0 Å². The highest BCUT2D eigenvalue weighted by atomic mass is 16.8. The molecule has 19 aliphatic rings. The number of aliphatic hydroxyl groups is 6. The van der Waals surface area contributed by atoms with Crippen LogP contribution < -0.4 is 0 Å². The summed E-state index contributed by atoms with van der Waals surface area (Å²) in [7, 11) is 0. The molecule has 3 heterocycles. The zero-order valence-electron chi connectivity index (χ0n) is 69.3. The number of rotatable bonds is 2. The third kappa shape index (κ3) is 11.9. The number of aliphatic hydroxyl groups excluding tert-OH is 6. The van der Waals surface area contributed by atoms with Crippen molar-refractivity contribution in [2.24, 2.45) is 150 Å². The van der Waals surface area contributed by atoms with Crippen molar-refractivity contribution in [2.45, 2.75) is 408 Å². The smallest absolute Gasteiger partial charge is 0.163 e. The number of ether oxygens (including phenoxy) is 6. The molecular formula is C93H152O12. The van der Waals surface area contributed by atoms with Gasteiger partial charge in [0, 0.05) is 0 Å². The first kappa shape index (κ1) is 77.9. The molecule has 596 valence electrons. The second kappa shape index (κ2) is 27.1. The number of hydrogen-bond acceptors (Lipinski definition) is 12. The lowest BCUT2D eigenvalue weighted by molar-refractivity contribution is -0.222. The Bertz CT molecular complexity index is 3120. The zero-order valence-corrected chi connectivity index (χ0v) is 69.3. The van der Waals surface area contributed by atoms with E-state index in [1.165, 1.54) is 116 Å². The predicted molar refractivity (Wildman–Crippen MR) is 413 cm³/mol. The van der Waals surface area contributed by atoms with Crippen molar-refractivity contribution in [1.29, 1.82) is 0 Å². The van der Waals surface area contributed by atoms with Gasteiger partial charge in [0.2, 0.25) is 0 Å². The molecule has 38 atom stereocenters. The van der Waals surface area contributed by atoms with Gasteiger partial charge >= 0.3 is 0 Å². The SMILES string of the molecule is C/C=C1/CCC2C3C(CC[C@]12C)[C@@]1(C)CC[C@@H](O)CC1[C@H]1OC(C)(C)O[C@H]31.C/C=C1/CCC2C3C(CC[C@]12C)[C@@]1(C)CC[C@@H](O)CC1[C@H]1OC(C)(C)O[C@H]31.CC[C@H]1CCC2C3C(CC[C@@]21C)[C@@]1(C)CC[C@@H](O)CC1[C@@H](O)[C@@H]3O.CC[C@H]1CCC2C3C(CC[C@@]21C)[C@@]1(C)CC[C@@H](O)CC1[C@H]1OC(C)(C)O[C@H]31. The fraction of sp³-hybridized carbons (Fsp3) is 0.957. The van der Waals surface area contributed by atoms with Gasteiger partial charge in [0.15, 0.2) is 17.4 Å². The molecule has 16 saturated carbocycles. The highest BCUT2D eigenvalue weighted by molar-refractivity contribution is 5.28. The minimum Gasteiger partial charge on any atom is -0.393 e. The first-order valence-electron chi connectivity index (χ1n) is 44.9. The summed E-state index contributed by atoms with van der Waals surface area (Å²) < 4.78 is 39.7. The van der Waals surface area contributed by atoms with Crippen molar-refractivity contribution in [3.8, 4) is 0 Å². The summed E-state index contributed by atoms with van der Waals surface area (Å²) in [6.07, 6.45) is 38.9. The van der Waals surface area contributed by atoms with Crippen LogP contribution in [0.2, 0.25) is 0 Å². The first-order valence-corrected chi connectivity index (χ1v) is 44.9. The van der Waals surface area contributed by atoms with Crippen molar-refractivity contribution in [3.05, 3.63) is 23.3 Å². The van der Waals surface area contributed by atoms with E-state index in [2.05, 4.69) is 137 Å². The van der Waals surface area contributed by atoms with Gasteiger partial charge in [-0.2, -0.15) is 0 Å². The van der Waals surface area contributed by atoms with Crippen LogP contribution in [0.25, 0.3) is 0 Å². The van der Waals surface area contributed by atoms with Gasteiger partial charge in [-0.3, -0.25) is 0 Å². The van der Waals surface area contributed by atoms with Gasteiger partial charge in [-0.25, -0.2) is 0 Å². The Balaban J connectivity index is 0.000000108. The van der Waals surface area contributed by atoms with Crippen molar-refractivity contribution >= 4 is 0 Å². The van der Waals surface area contributed by atoms with E-state index in [1.807, 2.05) is 0 Å². The summed E-state index contributed by atoms with van der Waals surface area (Å²) in [5.74, 6) is 9.13. The van der Waals surface area contributed by atoms with Crippen molar-refractivity contribution in [2.75, 3.05) is 0 Å². The lowest BCUT2D eigenvalue weighted by Gasteiger charge is -2.63.